The van der Waals surface area contributed by atoms with Crippen LogP contribution in [0.15, 0.2) is 42.6 Å². The number of benzene rings is 1. The average molecular weight is 288 g/mol. The SMILES string of the molecule is N#Cc1ccc(CS(=O)(=O)Nc2ncccc2N)cc1. The van der Waals surface area contributed by atoms with Crippen molar-refractivity contribution in [2.45, 2.75) is 5.75 Å². The number of nitrogens with one attached hydrogen (secondary N) is 1. The molecule has 0 radical (unpaired) electrons. The lowest BCUT2D eigenvalue weighted by molar-refractivity contribution is 0.600. The highest BCUT2D eigenvalue weighted by atomic mass is 32.2. The van der Waals surface area contributed by atoms with E-state index in [1.807, 2.05) is 6.07 Å². The summed E-state index contributed by atoms with van der Waals surface area (Å²) in [6.07, 6.45) is 1.45. The molecule has 3 N–H and O–H groups in total. The summed E-state index contributed by atoms with van der Waals surface area (Å²) in [5, 5.41) is 8.68. The number of nitrogens with two attached hydrogens (primary N) is 1. The van der Waals surface area contributed by atoms with Crippen molar-refractivity contribution in [3.05, 3.63) is 53.7 Å². The highest BCUT2D eigenvalue weighted by Crippen LogP contribution is 2.16. The van der Waals surface area contributed by atoms with Gasteiger partial charge in [-0.15, -0.1) is 0 Å². The normalized spacial score (nSPS) is 10.8. The van der Waals surface area contributed by atoms with Gasteiger partial charge in [-0.25, -0.2) is 13.4 Å². The lowest BCUT2D eigenvalue weighted by atomic mass is 10.2. The smallest absolute Gasteiger partial charge is 0.238 e. The summed E-state index contributed by atoms with van der Waals surface area (Å²) < 4.78 is 26.3. The zero-order valence-corrected chi connectivity index (χ0v) is 11.3. The van der Waals surface area contributed by atoms with Gasteiger partial charge in [-0.2, -0.15) is 5.26 Å². The van der Waals surface area contributed by atoms with Gasteiger partial charge in [0.25, 0.3) is 0 Å². The Kier molecular flexibility index (Phi) is 3.86. The summed E-state index contributed by atoms with van der Waals surface area (Å²) >= 11 is 0. The standard InChI is InChI=1S/C13H12N4O2S/c14-8-10-3-5-11(6-4-10)9-20(18,19)17-13-12(15)2-1-7-16-13/h1-7H,9,15H2,(H,16,17). The number of nitrogens with zero attached hydrogens (tertiary/aromatic N) is 2. The first-order valence-electron chi connectivity index (χ1n) is 5.70. The molecule has 7 heteroatoms. The average Bonchev–Trinajstić information content (AvgIpc) is 2.41. The van der Waals surface area contributed by atoms with E-state index in [9.17, 15) is 8.42 Å². The quantitative estimate of drug-likeness (QED) is 0.885. The lowest BCUT2D eigenvalue weighted by Gasteiger charge is -2.09. The minimum absolute atomic E-state index is 0.112. The fraction of sp³-hybridized carbons (Fsp3) is 0.0769. The highest BCUT2D eigenvalue weighted by molar-refractivity contribution is 7.91. The fourth-order valence-corrected chi connectivity index (χ4v) is 2.75. The van der Waals surface area contributed by atoms with Crippen LogP contribution in [0.25, 0.3) is 0 Å². The van der Waals surface area contributed by atoms with Crippen LogP contribution in [0.2, 0.25) is 0 Å². The second kappa shape index (κ2) is 5.59. The molecule has 6 nitrogen and oxygen atoms in total. The van der Waals surface area contributed by atoms with Crippen LogP contribution in [0, 0.1) is 11.3 Å². The van der Waals surface area contributed by atoms with E-state index >= 15 is 0 Å². The number of aromatic nitrogens is 1. The van der Waals surface area contributed by atoms with Crippen molar-refractivity contribution in [1.29, 1.82) is 5.26 Å². The molecule has 1 aromatic carbocycles. The number of nitrogen functional groups attached to an aromatic ring is 1. The minimum Gasteiger partial charge on any atom is -0.396 e. The van der Waals surface area contributed by atoms with Gasteiger partial charge in [-0.1, -0.05) is 12.1 Å². The third kappa shape index (κ3) is 3.46. The molecule has 1 aromatic heterocycles. The second-order valence-electron chi connectivity index (χ2n) is 4.11. The maximum atomic E-state index is 12.0. The van der Waals surface area contributed by atoms with E-state index in [1.165, 1.54) is 6.20 Å². The summed E-state index contributed by atoms with van der Waals surface area (Å²) in [5.41, 5.74) is 6.95. The zero-order chi connectivity index (χ0) is 14.6. The number of hydrogen-bond donors (Lipinski definition) is 2. The summed E-state index contributed by atoms with van der Waals surface area (Å²) in [6, 6.07) is 11.5. The van der Waals surface area contributed by atoms with E-state index in [2.05, 4.69) is 9.71 Å². The van der Waals surface area contributed by atoms with Crippen LogP contribution in [0.3, 0.4) is 0 Å². The van der Waals surface area contributed by atoms with Gasteiger partial charge in [0.1, 0.15) is 0 Å². The van der Waals surface area contributed by atoms with Crippen molar-refractivity contribution >= 4 is 21.5 Å². The van der Waals surface area contributed by atoms with Crippen LogP contribution in [0.1, 0.15) is 11.1 Å². The Hall–Kier alpha value is -2.59. The molecule has 0 aliphatic heterocycles. The predicted octanol–water partition coefficient (Wildman–Crippen LogP) is 1.48. The Morgan fingerprint density at radius 1 is 1.25 bits per heavy atom. The molecule has 2 rings (SSSR count). The summed E-state index contributed by atoms with van der Waals surface area (Å²) in [6.45, 7) is 0. The van der Waals surface area contributed by atoms with Gasteiger partial charge in [0.05, 0.1) is 23.1 Å². The number of sulfonamides is 1. The molecule has 0 saturated carbocycles. The number of anilines is 2. The first-order valence-corrected chi connectivity index (χ1v) is 7.35. The monoisotopic (exact) mass is 288 g/mol. The van der Waals surface area contributed by atoms with Gasteiger partial charge in [-0.3, -0.25) is 4.72 Å². The number of pyridine rings is 1. The molecule has 1 heterocycles. The van der Waals surface area contributed by atoms with Crippen molar-refractivity contribution < 1.29 is 8.42 Å². The van der Waals surface area contributed by atoms with Gasteiger partial charge in [0, 0.05) is 6.20 Å². The molecular formula is C13H12N4O2S. The van der Waals surface area contributed by atoms with E-state index in [1.54, 1.807) is 36.4 Å². The maximum absolute atomic E-state index is 12.0. The lowest BCUT2D eigenvalue weighted by Crippen LogP contribution is -2.17. The van der Waals surface area contributed by atoms with E-state index in [-0.39, 0.29) is 17.3 Å². The largest absolute Gasteiger partial charge is 0.396 e. The van der Waals surface area contributed by atoms with Gasteiger partial charge in [-0.05, 0) is 29.8 Å². The van der Waals surface area contributed by atoms with Crippen LogP contribution < -0.4 is 10.5 Å². The van der Waals surface area contributed by atoms with Crippen molar-refractivity contribution in [3.63, 3.8) is 0 Å². The number of hydrogen-bond acceptors (Lipinski definition) is 5. The minimum atomic E-state index is -3.61. The summed E-state index contributed by atoms with van der Waals surface area (Å²) in [5.74, 6) is -0.101. The highest BCUT2D eigenvalue weighted by Gasteiger charge is 2.14. The fourth-order valence-electron chi connectivity index (χ4n) is 1.58. The first-order chi connectivity index (χ1) is 9.50. The Morgan fingerprint density at radius 3 is 2.55 bits per heavy atom. The van der Waals surface area contributed by atoms with Gasteiger partial charge < -0.3 is 5.73 Å². The Balaban J connectivity index is 2.15. The van der Waals surface area contributed by atoms with Crippen LogP contribution in [0.5, 0.6) is 0 Å². The zero-order valence-electron chi connectivity index (χ0n) is 10.4. The van der Waals surface area contributed by atoms with Crippen molar-refractivity contribution in [3.8, 4) is 6.07 Å². The summed E-state index contributed by atoms with van der Waals surface area (Å²) in [4.78, 5) is 3.87. The van der Waals surface area contributed by atoms with Gasteiger partial charge >= 0.3 is 0 Å². The van der Waals surface area contributed by atoms with Crippen molar-refractivity contribution in [2.75, 3.05) is 10.5 Å². The van der Waals surface area contributed by atoms with Crippen molar-refractivity contribution in [2.24, 2.45) is 0 Å². The molecule has 0 unspecified atom stereocenters. The van der Waals surface area contributed by atoms with E-state index < -0.39 is 10.0 Å². The summed E-state index contributed by atoms with van der Waals surface area (Å²) in [7, 11) is -3.61. The molecule has 0 aliphatic carbocycles. The molecule has 2 aromatic rings. The molecule has 20 heavy (non-hydrogen) atoms. The molecule has 0 amide bonds. The molecule has 0 bridgehead atoms. The number of nitriles is 1. The van der Waals surface area contributed by atoms with Crippen LogP contribution in [-0.2, 0) is 15.8 Å². The Morgan fingerprint density at radius 2 is 1.95 bits per heavy atom. The van der Waals surface area contributed by atoms with E-state index in [4.69, 9.17) is 11.0 Å². The third-order valence-electron chi connectivity index (χ3n) is 2.53. The molecule has 102 valence electrons. The van der Waals surface area contributed by atoms with Crippen LogP contribution >= 0.6 is 0 Å². The maximum Gasteiger partial charge on any atom is 0.238 e. The Bertz CT molecular complexity index is 749. The topological polar surface area (TPSA) is 109 Å². The van der Waals surface area contributed by atoms with Crippen molar-refractivity contribution in [1.82, 2.24) is 4.98 Å². The second-order valence-corrected chi connectivity index (χ2v) is 5.83. The van der Waals surface area contributed by atoms with E-state index in [0.29, 0.717) is 11.1 Å². The van der Waals surface area contributed by atoms with Gasteiger partial charge in [0.2, 0.25) is 10.0 Å². The first kappa shape index (κ1) is 13.8. The molecule has 0 spiro atoms. The molecule has 0 aliphatic rings. The van der Waals surface area contributed by atoms with Crippen LogP contribution in [-0.4, -0.2) is 13.4 Å². The molecule has 0 fully saturated rings. The Labute approximate surface area is 116 Å². The van der Waals surface area contributed by atoms with E-state index in [0.717, 1.165) is 0 Å². The molecular weight excluding hydrogens is 276 g/mol. The predicted molar refractivity (Wildman–Crippen MR) is 76.1 cm³/mol. The van der Waals surface area contributed by atoms with Gasteiger partial charge in [0.15, 0.2) is 5.82 Å². The molecule has 0 atom stereocenters. The number of rotatable bonds is 4. The van der Waals surface area contributed by atoms with Crippen LogP contribution in [0.4, 0.5) is 11.5 Å². The molecule has 0 saturated heterocycles. The third-order valence-corrected chi connectivity index (χ3v) is 3.75.